The van der Waals surface area contributed by atoms with E-state index in [9.17, 15) is 4.79 Å². The molecule has 2 amide bonds. The molecular weight excluding hydrogens is 212 g/mol. The number of nitrogens with zero attached hydrogens (tertiary/aromatic N) is 2. The monoisotopic (exact) mass is 238 g/mol. The zero-order chi connectivity index (χ0) is 12.5. The Morgan fingerprint density at radius 3 is 2.53 bits per heavy atom. The summed E-state index contributed by atoms with van der Waals surface area (Å²) in [6.45, 7) is 6.92. The molecule has 0 aromatic carbocycles. The van der Waals surface area contributed by atoms with Crippen molar-refractivity contribution < 1.29 is 4.79 Å². The summed E-state index contributed by atoms with van der Waals surface area (Å²) in [4.78, 5) is 15.9. The Morgan fingerprint density at radius 2 is 1.82 bits per heavy atom. The second-order valence-corrected chi connectivity index (χ2v) is 4.72. The van der Waals surface area contributed by atoms with Gasteiger partial charge in [-0.1, -0.05) is 39.5 Å². The van der Waals surface area contributed by atoms with Crippen LogP contribution in [0.2, 0.25) is 0 Å². The molecule has 0 aliphatic carbocycles. The Kier molecular flexibility index (Phi) is 6.75. The van der Waals surface area contributed by atoms with E-state index in [2.05, 4.69) is 19.9 Å². The largest absolute Gasteiger partial charge is 0.324 e. The van der Waals surface area contributed by atoms with Crippen molar-refractivity contribution in [2.75, 3.05) is 19.6 Å². The maximum absolute atomic E-state index is 12.1. The van der Waals surface area contributed by atoms with E-state index >= 15 is 0 Å². The van der Waals surface area contributed by atoms with Crippen LogP contribution in [-0.2, 0) is 0 Å². The van der Waals surface area contributed by atoms with Gasteiger partial charge in [0.15, 0.2) is 0 Å². The van der Waals surface area contributed by atoms with Crippen molar-refractivity contribution in [3.63, 3.8) is 0 Å². The molecular formula is C14H26N2O. The van der Waals surface area contributed by atoms with Crippen LogP contribution in [0.1, 0.15) is 52.4 Å². The summed E-state index contributed by atoms with van der Waals surface area (Å²) in [6.07, 6.45) is 11.1. The van der Waals surface area contributed by atoms with Crippen molar-refractivity contribution >= 4 is 6.03 Å². The lowest BCUT2D eigenvalue weighted by Gasteiger charge is -2.31. The number of urea groups is 1. The van der Waals surface area contributed by atoms with E-state index in [0.717, 1.165) is 38.9 Å². The van der Waals surface area contributed by atoms with Gasteiger partial charge in [-0.25, -0.2) is 4.79 Å². The van der Waals surface area contributed by atoms with Crippen LogP contribution < -0.4 is 0 Å². The average molecular weight is 238 g/mol. The fraction of sp³-hybridized carbons (Fsp3) is 0.786. The highest BCUT2D eigenvalue weighted by Gasteiger charge is 2.20. The normalized spacial score (nSPS) is 15.8. The number of hydrogen-bond acceptors (Lipinski definition) is 1. The third-order valence-corrected chi connectivity index (χ3v) is 3.16. The van der Waals surface area contributed by atoms with Gasteiger partial charge in [0.25, 0.3) is 0 Å². The number of carbonyl (C=O) groups is 1. The molecule has 17 heavy (non-hydrogen) atoms. The summed E-state index contributed by atoms with van der Waals surface area (Å²) in [6, 6.07) is 0.192. The van der Waals surface area contributed by atoms with Gasteiger partial charge in [0.05, 0.1) is 0 Å². The summed E-state index contributed by atoms with van der Waals surface area (Å²) >= 11 is 0. The van der Waals surface area contributed by atoms with Crippen LogP contribution >= 0.6 is 0 Å². The minimum Gasteiger partial charge on any atom is -0.321 e. The molecule has 0 N–H and O–H groups in total. The minimum atomic E-state index is 0.192. The molecule has 0 bridgehead atoms. The fourth-order valence-electron chi connectivity index (χ4n) is 2.04. The van der Waals surface area contributed by atoms with E-state index in [1.54, 1.807) is 0 Å². The minimum absolute atomic E-state index is 0.192. The zero-order valence-corrected chi connectivity index (χ0v) is 11.3. The van der Waals surface area contributed by atoms with Gasteiger partial charge in [-0.05, 0) is 18.9 Å². The summed E-state index contributed by atoms with van der Waals surface area (Å²) in [5, 5.41) is 0. The highest BCUT2D eigenvalue weighted by molar-refractivity contribution is 5.76. The molecule has 0 radical (unpaired) electrons. The highest BCUT2D eigenvalue weighted by atomic mass is 16.2. The van der Waals surface area contributed by atoms with E-state index in [0.29, 0.717) is 0 Å². The van der Waals surface area contributed by atoms with Crippen LogP contribution in [0.15, 0.2) is 12.3 Å². The maximum atomic E-state index is 12.1. The lowest BCUT2D eigenvalue weighted by molar-refractivity contribution is 0.167. The molecule has 1 heterocycles. The number of carbonyl (C=O) groups excluding carboxylic acids is 1. The Balaban J connectivity index is 2.31. The fourth-order valence-corrected chi connectivity index (χ4v) is 2.04. The van der Waals surface area contributed by atoms with Gasteiger partial charge in [0, 0.05) is 25.8 Å². The molecule has 0 aromatic rings. The smallest absolute Gasteiger partial charge is 0.321 e. The van der Waals surface area contributed by atoms with E-state index in [-0.39, 0.29) is 6.03 Å². The highest BCUT2D eigenvalue weighted by Crippen LogP contribution is 2.10. The topological polar surface area (TPSA) is 23.6 Å². The Bertz CT molecular complexity index is 251. The van der Waals surface area contributed by atoms with Gasteiger partial charge in [-0.3, -0.25) is 0 Å². The molecule has 0 unspecified atom stereocenters. The second kappa shape index (κ2) is 8.15. The molecule has 1 aliphatic rings. The van der Waals surface area contributed by atoms with Crippen LogP contribution in [0, 0.1) is 0 Å². The molecule has 98 valence electrons. The lowest BCUT2D eigenvalue weighted by Crippen LogP contribution is -2.44. The van der Waals surface area contributed by atoms with Crippen molar-refractivity contribution in [3.8, 4) is 0 Å². The molecule has 0 spiro atoms. The molecule has 1 aliphatic heterocycles. The number of amides is 2. The van der Waals surface area contributed by atoms with E-state index in [4.69, 9.17) is 0 Å². The molecule has 0 saturated carbocycles. The van der Waals surface area contributed by atoms with Crippen LogP contribution in [0.3, 0.4) is 0 Å². The summed E-state index contributed by atoms with van der Waals surface area (Å²) in [7, 11) is 0. The van der Waals surface area contributed by atoms with Gasteiger partial charge in [0.1, 0.15) is 0 Å². The van der Waals surface area contributed by atoms with Crippen molar-refractivity contribution in [1.82, 2.24) is 9.80 Å². The summed E-state index contributed by atoms with van der Waals surface area (Å²) in [5.41, 5.74) is 0. The van der Waals surface area contributed by atoms with Crippen molar-refractivity contribution in [2.45, 2.75) is 52.4 Å². The number of hydrogen-bond donors (Lipinski definition) is 0. The predicted octanol–water partition coefficient (Wildman–Crippen LogP) is 3.62. The molecule has 0 aromatic heterocycles. The van der Waals surface area contributed by atoms with Gasteiger partial charge >= 0.3 is 6.03 Å². The molecule has 0 atom stereocenters. The van der Waals surface area contributed by atoms with Crippen LogP contribution in [0.4, 0.5) is 4.79 Å². The predicted molar refractivity (Wildman–Crippen MR) is 71.9 cm³/mol. The first-order valence-corrected chi connectivity index (χ1v) is 7.01. The average Bonchev–Trinajstić information content (AvgIpc) is 2.35. The first-order valence-electron chi connectivity index (χ1n) is 7.01. The van der Waals surface area contributed by atoms with Crippen LogP contribution in [0.25, 0.3) is 0 Å². The standard InChI is InChI=1S/C14H26N2O/c1-3-5-7-8-11-16-13-9-12-15(14(16)17)10-6-4-2/h9,12H,3-8,10-11,13H2,1-2H3. The van der Waals surface area contributed by atoms with Gasteiger partial charge in [0.2, 0.25) is 0 Å². The first kappa shape index (κ1) is 14.1. The van der Waals surface area contributed by atoms with Crippen molar-refractivity contribution in [1.29, 1.82) is 0 Å². The third-order valence-electron chi connectivity index (χ3n) is 3.16. The Labute approximate surface area is 105 Å². The second-order valence-electron chi connectivity index (χ2n) is 4.72. The molecule has 0 fully saturated rings. The van der Waals surface area contributed by atoms with Gasteiger partial charge in [-0.15, -0.1) is 0 Å². The van der Waals surface area contributed by atoms with Crippen molar-refractivity contribution in [2.24, 2.45) is 0 Å². The van der Waals surface area contributed by atoms with Gasteiger partial charge < -0.3 is 9.80 Å². The summed E-state index contributed by atoms with van der Waals surface area (Å²) < 4.78 is 0. The number of unbranched alkanes of at least 4 members (excludes halogenated alkanes) is 4. The number of rotatable bonds is 8. The Morgan fingerprint density at radius 1 is 1.06 bits per heavy atom. The van der Waals surface area contributed by atoms with E-state index in [1.165, 1.54) is 19.3 Å². The van der Waals surface area contributed by atoms with E-state index < -0.39 is 0 Å². The van der Waals surface area contributed by atoms with Crippen LogP contribution in [0.5, 0.6) is 0 Å². The Hall–Kier alpha value is -0.990. The van der Waals surface area contributed by atoms with Crippen molar-refractivity contribution in [3.05, 3.63) is 12.3 Å². The van der Waals surface area contributed by atoms with Crippen LogP contribution in [-0.4, -0.2) is 35.5 Å². The van der Waals surface area contributed by atoms with Gasteiger partial charge in [-0.2, -0.15) is 0 Å². The van der Waals surface area contributed by atoms with E-state index in [1.807, 2.05) is 16.0 Å². The maximum Gasteiger partial charge on any atom is 0.324 e. The first-order chi connectivity index (χ1) is 8.29. The molecule has 0 saturated heterocycles. The molecule has 1 rings (SSSR count). The molecule has 3 heteroatoms. The third kappa shape index (κ3) is 4.80. The lowest BCUT2D eigenvalue weighted by atomic mass is 10.2. The SMILES string of the molecule is CCCCCCN1CC=CN(CCCC)C1=O. The summed E-state index contributed by atoms with van der Waals surface area (Å²) in [5.74, 6) is 0. The zero-order valence-electron chi connectivity index (χ0n) is 11.3. The molecule has 3 nitrogen and oxygen atoms in total. The quantitative estimate of drug-likeness (QED) is 0.592.